The summed E-state index contributed by atoms with van der Waals surface area (Å²) in [6.07, 6.45) is -3.26. The molecule has 0 saturated heterocycles. The van der Waals surface area contributed by atoms with Gasteiger partial charge < -0.3 is 15.2 Å². The van der Waals surface area contributed by atoms with Crippen LogP contribution in [0.1, 0.15) is 18.4 Å². The quantitative estimate of drug-likeness (QED) is 0.619. The topological polar surface area (TPSA) is 61.6 Å². The Bertz CT molecular complexity index is 418. The Balaban J connectivity index is 2.37. The van der Waals surface area contributed by atoms with Gasteiger partial charge in [-0.3, -0.25) is 0 Å². The summed E-state index contributed by atoms with van der Waals surface area (Å²) in [4.78, 5) is 10.5. The third-order valence-corrected chi connectivity index (χ3v) is 2.39. The van der Waals surface area contributed by atoms with Gasteiger partial charge in [0.25, 0.3) is 0 Å². The van der Waals surface area contributed by atoms with Gasteiger partial charge in [0, 0.05) is 0 Å². The number of hydrogen-bond donors (Lipinski definition) is 1. The van der Waals surface area contributed by atoms with Crippen molar-refractivity contribution in [3.63, 3.8) is 0 Å². The second-order valence-electron chi connectivity index (χ2n) is 4.06. The molecule has 112 valence electrons. The van der Waals surface area contributed by atoms with Gasteiger partial charge >= 0.3 is 12.1 Å². The lowest BCUT2D eigenvalue weighted by Gasteiger charge is -2.09. The molecule has 4 nitrogen and oxygen atoms in total. The van der Waals surface area contributed by atoms with E-state index < -0.39 is 18.8 Å². The first-order valence-electron chi connectivity index (χ1n) is 6.09. The summed E-state index contributed by atoms with van der Waals surface area (Å²) in [5.74, 6) is -1.59. The molecule has 1 rings (SSSR count). The van der Waals surface area contributed by atoms with Crippen molar-refractivity contribution < 1.29 is 27.4 Å². The molecule has 0 spiro atoms. The normalized spacial score (nSPS) is 11.2. The number of carbonyl (C=O) groups excluding carboxylic acids is 1. The van der Waals surface area contributed by atoms with Gasteiger partial charge in [0.2, 0.25) is 0 Å². The highest BCUT2D eigenvalue weighted by molar-refractivity contribution is 5.75. The van der Waals surface area contributed by atoms with Crippen LogP contribution in [-0.4, -0.2) is 25.3 Å². The van der Waals surface area contributed by atoms with Crippen molar-refractivity contribution >= 4 is 5.97 Å². The number of benzene rings is 1. The molecular weight excluding hydrogens is 275 g/mol. The Hall–Kier alpha value is -1.76. The highest BCUT2D eigenvalue weighted by Gasteiger charge is 2.40. The minimum absolute atomic E-state index is 0.425. The van der Waals surface area contributed by atoms with Gasteiger partial charge in [0.15, 0.2) is 0 Å². The molecule has 0 aliphatic heterocycles. The average molecular weight is 291 g/mol. The van der Waals surface area contributed by atoms with E-state index in [0.29, 0.717) is 24.5 Å². The van der Waals surface area contributed by atoms with E-state index in [-0.39, 0.29) is 0 Å². The fraction of sp³-hybridized carbons (Fsp3) is 0.462. The molecule has 1 aromatic rings. The molecule has 0 heterocycles. The highest BCUT2D eigenvalue weighted by Crippen LogP contribution is 2.18. The van der Waals surface area contributed by atoms with Gasteiger partial charge in [0.05, 0.1) is 6.61 Å². The zero-order valence-electron chi connectivity index (χ0n) is 10.8. The number of unbranched alkanes of at least 4 members (excludes halogenated alkanes) is 1. The standard InChI is InChI=1S/C13H16F3NO3/c14-13(15,16)12(18)20-9-10-3-5-11(6-4-10)19-8-2-1-7-17/h3-6H,1-2,7-9,17H2. The minimum Gasteiger partial charge on any atom is -0.494 e. The number of hydrogen-bond acceptors (Lipinski definition) is 4. The molecule has 7 heteroatoms. The van der Waals surface area contributed by atoms with Crippen LogP contribution in [0.25, 0.3) is 0 Å². The van der Waals surface area contributed by atoms with Crippen molar-refractivity contribution in [3.8, 4) is 5.75 Å². The molecule has 0 aliphatic carbocycles. The monoisotopic (exact) mass is 291 g/mol. The molecule has 0 amide bonds. The van der Waals surface area contributed by atoms with E-state index in [1.165, 1.54) is 0 Å². The smallest absolute Gasteiger partial charge is 0.490 e. The summed E-state index contributed by atoms with van der Waals surface area (Å²) in [6, 6.07) is 6.31. The van der Waals surface area contributed by atoms with Crippen molar-refractivity contribution in [2.45, 2.75) is 25.6 Å². The number of esters is 1. The summed E-state index contributed by atoms with van der Waals surface area (Å²) in [6.45, 7) is 0.707. The molecule has 0 bridgehead atoms. The molecule has 1 aromatic carbocycles. The van der Waals surface area contributed by atoms with Crippen molar-refractivity contribution in [2.24, 2.45) is 5.73 Å². The summed E-state index contributed by atoms with van der Waals surface area (Å²) in [5, 5.41) is 0. The number of halogens is 3. The van der Waals surface area contributed by atoms with E-state index in [1.807, 2.05) is 0 Å². The SMILES string of the molecule is NCCCCOc1ccc(COC(=O)C(F)(F)F)cc1. The van der Waals surface area contributed by atoms with E-state index in [9.17, 15) is 18.0 Å². The molecule has 0 radical (unpaired) electrons. The van der Waals surface area contributed by atoms with Gasteiger partial charge in [-0.05, 0) is 37.1 Å². The molecule has 2 N–H and O–H groups in total. The van der Waals surface area contributed by atoms with Crippen LogP contribution >= 0.6 is 0 Å². The predicted molar refractivity (Wildman–Crippen MR) is 66.1 cm³/mol. The minimum atomic E-state index is -4.97. The number of carbonyl (C=O) groups is 1. The van der Waals surface area contributed by atoms with Crippen LogP contribution in [0.15, 0.2) is 24.3 Å². The molecule has 0 aliphatic rings. The van der Waals surface area contributed by atoms with E-state index in [4.69, 9.17) is 10.5 Å². The number of rotatable bonds is 7. The zero-order chi connectivity index (χ0) is 15.0. The maximum Gasteiger partial charge on any atom is 0.490 e. The van der Waals surface area contributed by atoms with Crippen LogP contribution in [0.3, 0.4) is 0 Å². The summed E-state index contributed by atoms with van der Waals surface area (Å²) >= 11 is 0. The summed E-state index contributed by atoms with van der Waals surface area (Å²) < 4.78 is 45.3. The van der Waals surface area contributed by atoms with Gasteiger partial charge in [-0.2, -0.15) is 13.2 Å². The van der Waals surface area contributed by atoms with Crippen LogP contribution in [0, 0.1) is 0 Å². The first-order chi connectivity index (χ1) is 9.43. The van der Waals surface area contributed by atoms with Crippen LogP contribution in [0.4, 0.5) is 13.2 Å². The number of nitrogens with two attached hydrogens (primary N) is 1. The molecule has 0 aromatic heterocycles. The van der Waals surface area contributed by atoms with E-state index in [2.05, 4.69) is 4.74 Å². The molecule has 20 heavy (non-hydrogen) atoms. The second-order valence-corrected chi connectivity index (χ2v) is 4.06. The van der Waals surface area contributed by atoms with Crippen LogP contribution < -0.4 is 10.5 Å². The first-order valence-corrected chi connectivity index (χ1v) is 6.09. The van der Waals surface area contributed by atoms with Crippen LogP contribution in [0.5, 0.6) is 5.75 Å². The summed E-state index contributed by atoms with van der Waals surface area (Å²) in [7, 11) is 0. The second kappa shape index (κ2) is 7.74. The first kappa shape index (κ1) is 16.3. The lowest BCUT2D eigenvalue weighted by molar-refractivity contribution is -0.201. The van der Waals surface area contributed by atoms with Gasteiger partial charge in [-0.25, -0.2) is 4.79 Å². The van der Waals surface area contributed by atoms with Crippen LogP contribution in [-0.2, 0) is 16.1 Å². The number of alkyl halides is 3. The molecule has 0 unspecified atom stereocenters. The maximum atomic E-state index is 11.9. The molecule has 0 atom stereocenters. The van der Waals surface area contributed by atoms with Crippen molar-refractivity contribution in [1.82, 2.24) is 0 Å². The lowest BCUT2D eigenvalue weighted by atomic mass is 10.2. The third-order valence-electron chi connectivity index (χ3n) is 2.39. The van der Waals surface area contributed by atoms with Gasteiger partial charge in [-0.15, -0.1) is 0 Å². The fourth-order valence-corrected chi connectivity index (χ4v) is 1.35. The average Bonchev–Trinajstić information content (AvgIpc) is 2.41. The third kappa shape index (κ3) is 5.92. The largest absolute Gasteiger partial charge is 0.494 e. The summed E-state index contributed by atoms with van der Waals surface area (Å²) in [5.41, 5.74) is 5.79. The maximum absolute atomic E-state index is 11.9. The van der Waals surface area contributed by atoms with Gasteiger partial charge in [0.1, 0.15) is 12.4 Å². The molecule has 0 fully saturated rings. The Morgan fingerprint density at radius 1 is 1.15 bits per heavy atom. The molecular formula is C13H16F3NO3. The Morgan fingerprint density at radius 2 is 1.80 bits per heavy atom. The zero-order valence-corrected chi connectivity index (χ0v) is 10.8. The fourth-order valence-electron chi connectivity index (χ4n) is 1.35. The predicted octanol–water partition coefficient (Wildman–Crippen LogP) is 2.41. The molecule has 0 saturated carbocycles. The lowest BCUT2D eigenvalue weighted by Crippen LogP contribution is -2.25. The Kier molecular flexibility index (Phi) is 6.30. The van der Waals surface area contributed by atoms with Crippen molar-refractivity contribution in [3.05, 3.63) is 29.8 Å². The van der Waals surface area contributed by atoms with Crippen LogP contribution in [0.2, 0.25) is 0 Å². The van der Waals surface area contributed by atoms with Crippen molar-refractivity contribution in [2.75, 3.05) is 13.2 Å². The van der Waals surface area contributed by atoms with Crippen molar-refractivity contribution in [1.29, 1.82) is 0 Å². The van der Waals surface area contributed by atoms with Gasteiger partial charge in [-0.1, -0.05) is 12.1 Å². The number of ether oxygens (including phenoxy) is 2. The Morgan fingerprint density at radius 3 is 2.35 bits per heavy atom. The highest BCUT2D eigenvalue weighted by atomic mass is 19.4. The Labute approximate surface area is 114 Å². The van der Waals surface area contributed by atoms with E-state index >= 15 is 0 Å². The van der Waals surface area contributed by atoms with E-state index in [0.717, 1.165) is 12.8 Å². The van der Waals surface area contributed by atoms with E-state index in [1.54, 1.807) is 24.3 Å².